The van der Waals surface area contributed by atoms with Crippen LogP contribution in [0.25, 0.3) is 17.1 Å². The first-order valence-electron chi connectivity index (χ1n) is 14.3. The van der Waals surface area contributed by atoms with Crippen LogP contribution in [0.2, 0.25) is 0 Å². The van der Waals surface area contributed by atoms with Gasteiger partial charge in [-0.05, 0) is 81.5 Å². The highest BCUT2D eigenvalue weighted by Gasteiger charge is 2.11. The van der Waals surface area contributed by atoms with Crippen LogP contribution in [0.1, 0.15) is 66.3 Å². The number of para-hydroxylation sites is 2. The van der Waals surface area contributed by atoms with Gasteiger partial charge in [0.05, 0.1) is 24.8 Å². The zero-order valence-electron chi connectivity index (χ0n) is 24.0. The Labute approximate surface area is 238 Å². The van der Waals surface area contributed by atoms with Crippen LogP contribution in [-0.2, 0) is 13.0 Å². The van der Waals surface area contributed by atoms with Crippen molar-refractivity contribution in [1.82, 2.24) is 14.9 Å². The number of unbranched alkanes of at least 4 members (excludes halogenated alkanes) is 3. The van der Waals surface area contributed by atoms with Crippen molar-refractivity contribution in [3.05, 3.63) is 95.3 Å². The van der Waals surface area contributed by atoms with Gasteiger partial charge < -0.3 is 19.4 Å². The number of benzene rings is 3. The summed E-state index contributed by atoms with van der Waals surface area (Å²) in [6.45, 7) is 6.25. The summed E-state index contributed by atoms with van der Waals surface area (Å²) >= 11 is 0. The van der Waals surface area contributed by atoms with Crippen LogP contribution in [0.5, 0.6) is 11.5 Å². The molecule has 6 nitrogen and oxygen atoms in total. The molecule has 0 aliphatic rings. The Morgan fingerprint density at radius 3 is 2.58 bits per heavy atom. The van der Waals surface area contributed by atoms with Crippen molar-refractivity contribution in [2.45, 2.75) is 58.9 Å². The molecule has 0 saturated heterocycles. The third-order valence-electron chi connectivity index (χ3n) is 6.99. The number of imidazole rings is 1. The van der Waals surface area contributed by atoms with E-state index in [2.05, 4.69) is 28.1 Å². The molecule has 0 bridgehead atoms. The summed E-state index contributed by atoms with van der Waals surface area (Å²) < 4.78 is 13.9. The fraction of sp³-hybridized carbons (Fsp3) is 0.353. The molecule has 3 aromatic carbocycles. The fourth-order valence-electron chi connectivity index (χ4n) is 4.81. The first-order valence-corrected chi connectivity index (χ1v) is 14.3. The molecule has 1 N–H and O–H groups in total. The predicted molar refractivity (Wildman–Crippen MR) is 163 cm³/mol. The van der Waals surface area contributed by atoms with Crippen molar-refractivity contribution in [3.8, 4) is 11.5 Å². The molecular weight excluding hydrogens is 498 g/mol. The Balaban J connectivity index is 1.23. The van der Waals surface area contributed by atoms with E-state index in [1.54, 1.807) is 7.11 Å². The molecule has 0 atom stereocenters. The highest BCUT2D eigenvalue weighted by molar-refractivity contribution is 5.94. The molecule has 4 rings (SSSR count). The van der Waals surface area contributed by atoms with Crippen molar-refractivity contribution < 1.29 is 14.3 Å². The van der Waals surface area contributed by atoms with Crippen molar-refractivity contribution in [2.24, 2.45) is 0 Å². The summed E-state index contributed by atoms with van der Waals surface area (Å²) in [5, 5.41) is 3.03. The number of hydrogen-bond donors (Lipinski definition) is 1. The SMILES string of the molecule is C/C=C/c1ccc(OCCCCn2c(CCCCCNC(=O)c3ccc(C)cc3)nc3ccccc32)c(OC)c1. The standard InChI is InChI=1S/C34H41N3O3/c1-4-12-27-18-21-31(32(25-27)39-3)40-24-11-10-23-37-30-14-8-7-13-29(30)36-33(37)15-6-5-9-22-35-34(38)28-19-16-26(2)17-20-28/h4,7-8,12-14,16-21,25H,5-6,9-11,15,22-24H2,1-3H3,(H,35,38)/b12-4+. The number of hydrogen-bond acceptors (Lipinski definition) is 4. The number of methoxy groups -OCH3 is 1. The van der Waals surface area contributed by atoms with Crippen molar-refractivity contribution in [3.63, 3.8) is 0 Å². The zero-order valence-corrected chi connectivity index (χ0v) is 24.0. The van der Waals surface area contributed by atoms with Gasteiger partial charge in [0.15, 0.2) is 11.5 Å². The van der Waals surface area contributed by atoms with E-state index in [0.29, 0.717) is 18.7 Å². The topological polar surface area (TPSA) is 65.4 Å². The summed E-state index contributed by atoms with van der Waals surface area (Å²) in [7, 11) is 1.68. The zero-order chi connectivity index (χ0) is 28.2. The molecule has 0 aliphatic carbocycles. The van der Waals surface area contributed by atoms with Gasteiger partial charge in [-0.3, -0.25) is 4.79 Å². The summed E-state index contributed by atoms with van der Waals surface area (Å²) in [4.78, 5) is 17.2. The monoisotopic (exact) mass is 539 g/mol. The number of aromatic nitrogens is 2. The highest BCUT2D eigenvalue weighted by Crippen LogP contribution is 2.29. The molecule has 0 saturated carbocycles. The molecule has 0 spiro atoms. The Morgan fingerprint density at radius 1 is 0.950 bits per heavy atom. The molecule has 40 heavy (non-hydrogen) atoms. The van der Waals surface area contributed by atoms with E-state index in [-0.39, 0.29) is 5.91 Å². The molecule has 6 heteroatoms. The molecule has 1 heterocycles. The van der Waals surface area contributed by atoms with Gasteiger partial charge in [-0.15, -0.1) is 0 Å². The number of rotatable bonds is 15. The Bertz CT molecular complexity index is 1410. The van der Waals surface area contributed by atoms with Crippen LogP contribution in [-0.4, -0.2) is 35.7 Å². The largest absolute Gasteiger partial charge is 0.493 e. The smallest absolute Gasteiger partial charge is 0.251 e. The second-order valence-electron chi connectivity index (χ2n) is 10.1. The summed E-state index contributed by atoms with van der Waals surface area (Å²) in [6, 6.07) is 22.1. The number of carbonyl (C=O) groups excluding carboxylic acids is 1. The second-order valence-corrected chi connectivity index (χ2v) is 10.1. The van der Waals surface area contributed by atoms with Gasteiger partial charge in [-0.25, -0.2) is 4.98 Å². The first-order chi connectivity index (χ1) is 19.6. The molecule has 0 aliphatic heterocycles. The lowest BCUT2D eigenvalue weighted by Gasteiger charge is -2.12. The average molecular weight is 540 g/mol. The number of nitrogens with one attached hydrogen (secondary N) is 1. The number of nitrogens with zero attached hydrogens (tertiary/aromatic N) is 2. The maximum atomic E-state index is 12.3. The Hall–Kier alpha value is -4.06. The number of ether oxygens (including phenoxy) is 2. The maximum absolute atomic E-state index is 12.3. The normalized spacial score (nSPS) is 11.3. The number of aryl methyl sites for hydroxylation is 3. The number of allylic oxidation sites excluding steroid dienone is 1. The molecule has 1 aromatic heterocycles. The van der Waals surface area contributed by atoms with Crippen LogP contribution in [0.4, 0.5) is 0 Å². The predicted octanol–water partition coefficient (Wildman–Crippen LogP) is 7.39. The Kier molecular flexibility index (Phi) is 10.8. The third kappa shape index (κ3) is 7.98. The van der Waals surface area contributed by atoms with Gasteiger partial charge in [0.2, 0.25) is 0 Å². The molecule has 1 amide bonds. The molecule has 210 valence electrons. The van der Waals surface area contributed by atoms with Gasteiger partial charge in [-0.2, -0.15) is 0 Å². The minimum atomic E-state index is -0.00474. The molecule has 4 aromatic rings. The maximum Gasteiger partial charge on any atom is 0.251 e. The average Bonchev–Trinajstić information content (AvgIpc) is 3.32. The van der Waals surface area contributed by atoms with E-state index < -0.39 is 0 Å². The van der Waals surface area contributed by atoms with Crippen LogP contribution >= 0.6 is 0 Å². The van der Waals surface area contributed by atoms with Crippen LogP contribution < -0.4 is 14.8 Å². The summed E-state index contributed by atoms with van der Waals surface area (Å²) in [5.41, 5.74) is 5.20. The first kappa shape index (κ1) is 28.9. The van der Waals surface area contributed by atoms with E-state index in [9.17, 15) is 4.79 Å². The van der Waals surface area contributed by atoms with E-state index in [4.69, 9.17) is 14.5 Å². The van der Waals surface area contributed by atoms with Crippen molar-refractivity contribution >= 4 is 23.0 Å². The summed E-state index contributed by atoms with van der Waals surface area (Å²) in [6.07, 6.45) is 9.95. The van der Waals surface area contributed by atoms with Crippen LogP contribution in [0.3, 0.4) is 0 Å². The highest BCUT2D eigenvalue weighted by atomic mass is 16.5. The third-order valence-corrected chi connectivity index (χ3v) is 6.99. The van der Waals surface area contributed by atoms with Gasteiger partial charge >= 0.3 is 0 Å². The lowest BCUT2D eigenvalue weighted by atomic mass is 10.1. The number of carbonyl (C=O) groups is 1. The van der Waals surface area contributed by atoms with E-state index in [1.807, 2.05) is 74.5 Å². The van der Waals surface area contributed by atoms with Gasteiger partial charge in [0.25, 0.3) is 5.91 Å². The van der Waals surface area contributed by atoms with Gasteiger partial charge in [0, 0.05) is 25.1 Å². The van der Waals surface area contributed by atoms with Gasteiger partial charge in [-0.1, -0.05) is 54.5 Å². The van der Waals surface area contributed by atoms with Crippen molar-refractivity contribution in [1.29, 1.82) is 0 Å². The van der Waals surface area contributed by atoms with E-state index in [0.717, 1.165) is 79.0 Å². The van der Waals surface area contributed by atoms with Crippen LogP contribution in [0.15, 0.2) is 72.8 Å². The van der Waals surface area contributed by atoms with Gasteiger partial charge in [0.1, 0.15) is 5.82 Å². The fourth-order valence-corrected chi connectivity index (χ4v) is 4.81. The molecule has 0 unspecified atom stereocenters. The van der Waals surface area contributed by atoms with Crippen molar-refractivity contribution in [2.75, 3.05) is 20.3 Å². The van der Waals surface area contributed by atoms with Crippen LogP contribution in [0, 0.1) is 6.92 Å². The molecule has 0 fully saturated rings. The Morgan fingerprint density at radius 2 is 1.77 bits per heavy atom. The lowest BCUT2D eigenvalue weighted by Crippen LogP contribution is -2.24. The molecular formula is C34H41N3O3. The number of amides is 1. The summed E-state index contributed by atoms with van der Waals surface area (Å²) in [5.74, 6) is 2.66. The van der Waals surface area contributed by atoms with E-state index in [1.165, 1.54) is 5.52 Å². The van der Waals surface area contributed by atoms with E-state index >= 15 is 0 Å². The minimum absolute atomic E-state index is 0.00474. The number of fused-ring (bicyclic) bond motifs is 1. The second kappa shape index (κ2) is 14.9. The minimum Gasteiger partial charge on any atom is -0.493 e. The lowest BCUT2D eigenvalue weighted by molar-refractivity contribution is 0.0953. The molecule has 0 radical (unpaired) electrons. The quantitative estimate of drug-likeness (QED) is 0.160.